The third kappa shape index (κ3) is 5.33. The zero-order chi connectivity index (χ0) is 16.2. The van der Waals surface area contributed by atoms with Crippen LogP contribution in [0.25, 0.3) is 0 Å². The molecule has 0 atom stereocenters. The van der Waals surface area contributed by atoms with Crippen LogP contribution in [0, 0.1) is 0 Å². The highest BCUT2D eigenvalue weighted by molar-refractivity contribution is 9.10. The van der Waals surface area contributed by atoms with Gasteiger partial charge < -0.3 is 10.2 Å². The van der Waals surface area contributed by atoms with Crippen LogP contribution in [-0.2, 0) is 15.0 Å². The summed E-state index contributed by atoms with van der Waals surface area (Å²) in [5.74, 6) is -0.0591. The number of rotatable bonds is 5. The summed E-state index contributed by atoms with van der Waals surface area (Å²) in [5, 5.41) is 7.92. The fourth-order valence-corrected chi connectivity index (χ4v) is 3.16. The first-order chi connectivity index (χ1) is 10.3. The first-order valence-electron chi connectivity index (χ1n) is 6.90. The molecular weight excluding hydrogens is 372 g/mol. The van der Waals surface area contributed by atoms with Crippen LogP contribution in [-0.4, -0.2) is 56.3 Å². The van der Waals surface area contributed by atoms with Gasteiger partial charge in [0.15, 0.2) is 0 Å². The standard InChI is InChI=1S/C13H19BrN4O3S/c14-11-1-3-12(4-2-11)16-13(19)5-6-17-7-9-18(10-8-17)22(15,20)21/h1-4H,5-10H2,(H,16,19)(H2,15,20,21). The number of hydrogen-bond donors (Lipinski definition) is 2. The highest BCUT2D eigenvalue weighted by Gasteiger charge is 2.23. The van der Waals surface area contributed by atoms with E-state index in [1.54, 1.807) is 0 Å². The number of piperazine rings is 1. The Morgan fingerprint density at radius 2 is 1.77 bits per heavy atom. The Morgan fingerprint density at radius 1 is 1.18 bits per heavy atom. The largest absolute Gasteiger partial charge is 0.326 e. The predicted octanol–water partition coefficient (Wildman–Crippen LogP) is 0.599. The minimum absolute atomic E-state index is 0.0591. The summed E-state index contributed by atoms with van der Waals surface area (Å²) in [7, 11) is -3.60. The molecule has 0 radical (unpaired) electrons. The number of halogens is 1. The van der Waals surface area contributed by atoms with Crippen LogP contribution in [0.5, 0.6) is 0 Å². The van der Waals surface area contributed by atoms with Gasteiger partial charge in [-0.1, -0.05) is 15.9 Å². The lowest BCUT2D eigenvalue weighted by molar-refractivity contribution is -0.116. The average Bonchev–Trinajstić information content (AvgIpc) is 2.47. The Kier molecular flexibility index (Phi) is 5.93. The van der Waals surface area contributed by atoms with Crippen LogP contribution >= 0.6 is 15.9 Å². The van der Waals surface area contributed by atoms with Crippen molar-refractivity contribution >= 4 is 37.7 Å². The molecule has 0 spiro atoms. The number of nitrogens with one attached hydrogen (secondary N) is 1. The van der Waals surface area contributed by atoms with E-state index in [1.165, 1.54) is 4.31 Å². The number of benzene rings is 1. The molecule has 3 N–H and O–H groups in total. The van der Waals surface area contributed by atoms with Gasteiger partial charge in [0.25, 0.3) is 10.2 Å². The van der Waals surface area contributed by atoms with Gasteiger partial charge in [-0.15, -0.1) is 0 Å². The molecule has 9 heteroatoms. The van der Waals surface area contributed by atoms with Crippen molar-refractivity contribution in [3.63, 3.8) is 0 Å². The Balaban J connectivity index is 1.72. The number of anilines is 1. The lowest BCUT2D eigenvalue weighted by atomic mass is 10.3. The molecule has 2 rings (SSSR count). The smallest absolute Gasteiger partial charge is 0.276 e. The molecule has 0 aromatic heterocycles. The quantitative estimate of drug-likeness (QED) is 0.769. The van der Waals surface area contributed by atoms with Crippen molar-refractivity contribution in [3.05, 3.63) is 28.7 Å². The lowest BCUT2D eigenvalue weighted by Crippen LogP contribution is -2.50. The SMILES string of the molecule is NS(=O)(=O)N1CCN(CCC(=O)Nc2ccc(Br)cc2)CC1. The van der Waals surface area contributed by atoms with E-state index in [-0.39, 0.29) is 5.91 Å². The Labute approximate surface area is 138 Å². The second kappa shape index (κ2) is 7.51. The minimum Gasteiger partial charge on any atom is -0.326 e. The maximum Gasteiger partial charge on any atom is 0.276 e. The molecule has 1 saturated heterocycles. The maximum atomic E-state index is 11.9. The lowest BCUT2D eigenvalue weighted by Gasteiger charge is -2.32. The van der Waals surface area contributed by atoms with Gasteiger partial charge >= 0.3 is 0 Å². The van der Waals surface area contributed by atoms with Crippen molar-refractivity contribution in [2.75, 3.05) is 38.0 Å². The summed E-state index contributed by atoms with van der Waals surface area (Å²) in [5.41, 5.74) is 0.757. The van der Waals surface area contributed by atoms with E-state index in [4.69, 9.17) is 5.14 Å². The summed E-state index contributed by atoms with van der Waals surface area (Å²) in [6.45, 7) is 2.51. The second-order valence-electron chi connectivity index (χ2n) is 5.09. The minimum atomic E-state index is -3.60. The van der Waals surface area contributed by atoms with Crippen LogP contribution in [0.2, 0.25) is 0 Å². The summed E-state index contributed by atoms with van der Waals surface area (Å²) < 4.78 is 24.6. The van der Waals surface area contributed by atoms with E-state index in [9.17, 15) is 13.2 Å². The molecule has 1 amide bonds. The second-order valence-corrected chi connectivity index (χ2v) is 7.55. The van der Waals surface area contributed by atoms with Gasteiger partial charge in [0, 0.05) is 49.3 Å². The first-order valence-corrected chi connectivity index (χ1v) is 9.20. The molecule has 1 heterocycles. The molecule has 1 fully saturated rings. The Bertz CT molecular complexity index is 613. The number of hydrogen-bond acceptors (Lipinski definition) is 4. The molecule has 1 aromatic carbocycles. The number of nitrogens with zero attached hydrogens (tertiary/aromatic N) is 2. The van der Waals surface area contributed by atoms with Gasteiger partial charge in [0.05, 0.1) is 0 Å². The summed E-state index contributed by atoms with van der Waals surface area (Å²) in [4.78, 5) is 13.9. The van der Waals surface area contributed by atoms with E-state index < -0.39 is 10.2 Å². The molecule has 1 aliphatic rings. The Hall–Kier alpha value is -1.000. The normalized spacial score (nSPS) is 17.4. The average molecular weight is 391 g/mol. The van der Waals surface area contributed by atoms with Gasteiger partial charge in [-0.25, -0.2) is 5.14 Å². The highest BCUT2D eigenvalue weighted by atomic mass is 79.9. The van der Waals surface area contributed by atoms with Gasteiger partial charge in [-0.3, -0.25) is 4.79 Å². The fourth-order valence-electron chi connectivity index (χ4n) is 2.22. The van der Waals surface area contributed by atoms with Gasteiger partial charge in [0.2, 0.25) is 5.91 Å². The monoisotopic (exact) mass is 390 g/mol. The predicted molar refractivity (Wildman–Crippen MR) is 88.5 cm³/mol. The van der Waals surface area contributed by atoms with Crippen molar-refractivity contribution in [1.82, 2.24) is 9.21 Å². The van der Waals surface area contributed by atoms with E-state index in [0.717, 1.165) is 10.2 Å². The van der Waals surface area contributed by atoms with Gasteiger partial charge in [0.1, 0.15) is 0 Å². The molecule has 122 valence electrons. The van der Waals surface area contributed by atoms with Crippen molar-refractivity contribution in [2.45, 2.75) is 6.42 Å². The van der Waals surface area contributed by atoms with Crippen LogP contribution < -0.4 is 10.5 Å². The zero-order valence-corrected chi connectivity index (χ0v) is 14.4. The number of amides is 1. The zero-order valence-electron chi connectivity index (χ0n) is 12.0. The van der Waals surface area contributed by atoms with Crippen molar-refractivity contribution in [1.29, 1.82) is 0 Å². The van der Waals surface area contributed by atoms with Crippen LogP contribution in [0.3, 0.4) is 0 Å². The van der Waals surface area contributed by atoms with E-state index >= 15 is 0 Å². The molecule has 0 bridgehead atoms. The van der Waals surface area contributed by atoms with Crippen LogP contribution in [0.1, 0.15) is 6.42 Å². The first kappa shape index (κ1) is 17.4. The highest BCUT2D eigenvalue weighted by Crippen LogP contribution is 2.14. The molecule has 0 aliphatic carbocycles. The van der Waals surface area contributed by atoms with Crippen molar-refractivity contribution < 1.29 is 13.2 Å². The topological polar surface area (TPSA) is 95.7 Å². The third-order valence-electron chi connectivity index (χ3n) is 3.47. The van der Waals surface area contributed by atoms with E-state index in [0.29, 0.717) is 39.1 Å². The molecule has 0 unspecified atom stereocenters. The van der Waals surface area contributed by atoms with Gasteiger partial charge in [-0.05, 0) is 24.3 Å². The molecule has 1 aliphatic heterocycles. The Morgan fingerprint density at radius 3 is 2.32 bits per heavy atom. The number of carbonyl (C=O) groups is 1. The summed E-state index contributed by atoms with van der Waals surface area (Å²) in [6.07, 6.45) is 0.367. The molecule has 0 saturated carbocycles. The number of nitrogens with two attached hydrogens (primary N) is 1. The van der Waals surface area contributed by atoms with E-state index in [2.05, 4.69) is 26.1 Å². The molecule has 1 aromatic rings. The van der Waals surface area contributed by atoms with Gasteiger partial charge in [-0.2, -0.15) is 12.7 Å². The van der Waals surface area contributed by atoms with Crippen LogP contribution in [0.4, 0.5) is 5.69 Å². The third-order valence-corrected chi connectivity index (χ3v) is 5.09. The molecule has 22 heavy (non-hydrogen) atoms. The van der Waals surface area contributed by atoms with Crippen molar-refractivity contribution in [2.24, 2.45) is 5.14 Å². The fraction of sp³-hybridized carbons (Fsp3) is 0.462. The number of carbonyl (C=O) groups excluding carboxylic acids is 1. The summed E-state index contributed by atoms with van der Waals surface area (Å²) >= 11 is 3.34. The van der Waals surface area contributed by atoms with Crippen LogP contribution in [0.15, 0.2) is 28.7 Å². The van der Waals surface area contributed by atoms with Crippen molar-refractivity contribution in [3.8, 4) is 0 Å². The maximum absolute atomic E-state index is 11.9. The molecular formula is C13H19BrN4O3S. The molecule has 7 nitrogen and oxygen atoms in total. The summed E-state index contributed by atoms with van der Waals surface area (Å²) in [6, 6.07) is 7.38. The van der Waals surface area contributed by atoms with E-state index in [1.807, 2.05) is 24.3 Å².